The van der Waals surface area contributed by atoms with Crippen molar-refractivity contribution >= 4 is 11.8 Å². The van der Waals surface area contributed by atoms with Gasteiger partial charge in [0.25, 0.3) is 5.91 Å². The molecule has 0 fully saturated rings. The van der Waals surface area contributed by atoms with Crippen LogP contribution in [-0.4, -0.2) is 11.8 Å². The molecule has 0 spiro atoms. The summed E-state index contributed by atoms with van der Waals surface area (Å²) >= 11 is 0. The lowest BCUT2D eigenvalue weighted by Crippen LogP contribution is -2.41. The zero-order valence-corrected chi connectivity index (χ0v) is 10.1. The first-order chi connectivity index (χ1) is 9.08. The van der Waals surface area contributed by atoms with E-state index in [1.807, 2.05) is 0 Å². The molecule has 6 heteroatoms. The number of nitrogens with one attached hydrogen (secondary N) is 2. The molecule has 19 heavy (non-hydrogen) atoms. The second-order valence-corrected chi connectivity index (χ2v) is 3.85. The maximum atomic E-state index is 13.3. The second-order valence-electron chi connectivity index (χ2n) is 3.85. The average molecular weight is 262 g/mol. The molecule has 0 unspecified atom stereocenters. The number of amides is 2. The van der Waals surface area contributed by atoms with E-state index in [0.717, 1.165) is 6.07 Å². The van der Waals surface area contributed by atoms with Gasteiger partial charge in [0, 0.05) is 5.56 Å². The van der Waals surface area contributed by atoms with Gasteiger partial charge < -0.3 is 4.42 Å². The van der Waals surface area contributed by atoms with Crippen molar-refractivity contribution in [1.29, 1.82) is 0 Å². The van der Waals surface area contributed by atoms with Crippen LogP contribution >= 0.6 is 0 Å². The van der Waals surface area contributed by atoms with Crippen LogP contribution in [0.3, 0.4) is 0 Å². The van der Waals surface area contributed by atoms with Gasteiger partial charge >= 0.3 is 5.91 Å². The van der Waals surface area contributed by atoms with E-state index in [0.29, 0.717) is 5.56 Å². The van der Waals surface area contributed by atoms with E-state index in [1.165, 1.54) is 24.5 Å². The molecular weight excluding hydrogens is 251 g/mol. The summed E-state index contributed by atoms with van der Waals surface area (Å²) in [7, 11) is 0. The molecule has 0 saturated carbocycles. The molecule has 98 valence electrons. The number of halogens is 1. The molecule has 2 N–H and O–H groups in total. The van der Waals surface area contributed by atoms with Gasteiger partial charge in [0.1, 0.15) is 5.82 Å². The molecule has 0 radical (unpaired) electrons. The Morgan fingerprint density at radius 1 is 1.16 bits per heavy atom. The van der Waals surface area contributed by atoms with Crippen molar-refractivity contribution in [3.05, 3.63) is 59.3 Å². The summed E-state index contributed by atoms with van der Waals surface area (Å²) in [6.07, 6.45) is 1.34. The van der Waals surface area contributed by atoms with Gasteiger partial charge in [-0.15, -0.1) is 0 Å². The predicted octanol–water partition coefficient (Wildman–Crippen LogP) is 1.80. The van der Waals surface area contributed by atoms with Crippen LogP contribution in [0.1, 0.15) is 26.5 Å². The highest BCUT2D eigenvalue weighted by atomic mass is 19.1. The Bertz CT molecular complexity index is 608. The van der Waals surface area contributed by atoms with Gasteiger partial charge in [-0.2, -0.15) is 0 Å². The summed E-state index contributed by atoms with van der Waals surface area (Å²) in [6.45, 7) is 1.59. The van der Waals surface area contributed by atoms with Crippen molar-refractivity contribution in [2.75, 3.05) is 0 Å². The molecule has 0 saturated heterocycles. The number of hydrogen-bond acceptors (Lipinski definition) is 3. The third-order valence-electron chi connectivity index (χ3n) is 2.47. The lowest BCUT2D eigenvalue weighted by atomic mass is 10.1. The average Bonchev–Trinajstić information content (AvgIpc) is 2.92. The van der Waals surface area contributed by atoms with Crippen molar-refractivity contribution in [3.63, 3.8) is 0 Å². The number of hydrogen-bond donors (Lipinski definition) is 2. The molecule has 5 nitrogen and oxygen atoms in total. The van der Waals surface area contributed by atoms with Gasteiger partial charge in [-0.3, -0.25) is 20.4 Å². The van der Waals surface area contributed by atoms with E-state index in [1.54, 1.807) is 13.0 Å². The number of carbonyl (C=O) groups excluding carboxylic acids is 2. The molecule has 0 aliphatic carbocycles. The zero-order chi connectivity index (χ0) is 13.8. The smallest absolute Gasteiger partial charge is 0.305 e. The van der Waals surface area contributed by atoms with Crippen molar-refractivity contribution in [1.82, 2.24) is 10.9 Å². The SMILES string of the molecule is Cc1ccc(C(=O)NNC(=O)c2ccco2)cc1F. The molecule has 0 bridgehead atoms. The summed E-state index contributed by atoms with van der Waals surface area (Å²) in [5.74, 6) is -1.62. The number of carbonyl (C=O) groups is 2. The van der Waals surface area contributed by atoms with Crippen molar-refractivity contribution in [3.8, 4) is 0 Å². The summed E-state index contributed by atoms with van der Waals surface area (Å²) < 4.78 is 18.1. The van der Waals surface area contributed by atoms with Crippen molar-refractivity contribution < 1.29 is 18.4 Å². The molecule has 0 aliphatic heterocycles. The number of rotatable bonds is 2. The van der Waals surface area contributed by atoms with Crippen LogP contribution < -0.4 is 10.9 Å². The third kappa shape index (κ3) is 2.98. The van der Waals surface area contributed by atoms with E-state index in [4.69, 9.17) is 4.42 Å². The first-order valence-electron chi connectivity index (χ1n) is 5.48. The first kappa shape index (κ1) is 12.8. The van der Waals surface area contributed by atoms with Gasteiger partial charge in [-0.25, -0.2) is 4.39 Å². The van der Waals surface area contributed by atoms with Gasteiger partial charge in [-0.05, 0) is 36.8 Å². The summed E-state index contributed by atoms with van der Waals surface area (Å²) in [5.41, 5.74) is 4.89. The first-order valence-corrected chi connectivity index (χ1v) is 5.48. The fraction of sp³-hybridized carbons (Fsp3) is 0.0769. The maximum absolute atomic E-state index is 13.3. The van der Waals surface area contributed by atoms with E-state index in [9.17, 15) is 14.0 Å². The van der Waals surface area contributed by atoms with Crippen LogP contribution in [-0.2, 0) is 0 Å². The largest absolute Gasteiger partial charge is 0.459 e. The van der Waals surface area contributed by atoms with Crippen LogP contribution in [0.4, 0.5) is 4.39 Å². The van der Waals surface area contributed by atoms with Crippen molar-refractivity contribution in [2.24, 2.45) is 0 Å². The minimum Gasteiger partial charge on any atom is -0.459 e. The number of furan rings is 1. The van der Waals surface area contributed by atoms with Crippen LogP contribution in [0.5, 0.6) is 0 Å². The summed E-state index contributed by atoms with van der Waals surface area (Å²) in [6, 6.07) is 7.05. The number of aryl methyl sites for hydroxylation is 1. The van der Waals surface area contributed by atoms with Crippen LogP contribution in [0.2, 0.25) is 0 Å². The summed E-state index contributed by atoms with van der Waals surface area (Å²) in [5, 5.41) is 0. The highest BCUT2D eigenvalue weighted by molar-refractivity contribution is 5.97. The van der Waals surface area contributed by atoms with Gasteiger partial charge in [0.2, 0.25) is 0 Å². The monoisotopic (exact) mass is 262 g/mol. The standard InChI is InChI=1S/C13H11FN2O3/c1-8-4-5-9(7-10(8)14)12(17)15-16-13(18)11-3-2-6-19-11/h2-7H,1H3,(H,15,17)(H,16,18). The van der Waals surface area contributed by atoms with Gasteiger partial charge in [-0.1, -0.05) is 6.07 Å². The van der Waals surface area contributed by atoms with Gasteiger partial charge in [0.05, 0.1) is 6.26 Å². The van der Waals surface area contributed by atoms with E-state index in [2.05, 4.69) is 10.9 Å². The Hall–Kier alpha value is -2.63. The highest BCUT2D eigenvalue weighted by Gasteiger charge is 2.11. The minimum atomic E-state index is -0.612. The Balaban J connectivity index is 1.98. The van der Waals surface area contributed by atoms with E-state index in [-0.39, 0.29) is 11.3 Å². The normalized spacial score (nSPS) is 10.0. The Labute approximate surface area is 108 Å². The van der Waals surface area contributed by atoms with Crippen molar-refractivity contribution in [2.45, 2.75) is 6.92 Å². The van der Waals surface area contributed by atoms with E-state index >= 15 is 0 Å². The highest BCUT2D eigenvalue weighted by Crippen LogP contribution is 2.08. The van der Waals surface area contributed by atoms with Crippen LogP contribution in [0.15, 0.2) is 41.0 Å². The number of benzene rings is 1. The Kier molecular flexibility index (Phi) is 3.61. The molecule has 1 heterocycles. The quantitative estimate of drug-likeness (QED) is 0.811. The molecule has 2 amide bonds. The van der Waals surface area contributed by atoms with Crippen LogP contribution in [0, 0.1) is 12.7 Å². The topological polar surface area (TPSA) is 71.3 Å². The third-order valence-corrected chi connectivity index (χ3v) is 2.47. The molecule has 0 aliphatic rings. The lowest BCUT2D eigenvalue weighted by molar-refractivity contribution is 0.0830. The predicted molar refractivity (Wildman–Crippen MR) is 64.8 cm³/mol. The molecule has 2 aromatic rings. The maximum Gasteiger partial charge on any atom is 0.305 e. The molecule has 0 atom stereocenters. The van der Waals surface area contributed by atoms with E-state index < -0.39 is 17.6 Å². The zero-order valence-electron chi connectivity index (χ0n) is 10.1. The molecule has 2 rings (SSSR count). The Morgan fingerprint density at radius 3 is 2.53 bits per heavy atom. The fourth-order valence-electron chi connectivity index (χ4n) is 1.39. The lowest BCUT2D eigenvalue weighted by Gasteiger charge is -2.06. The van der Waals surface area contributed by atoms with Gasteiger partial charge in [0.15, 0.2) is 5.76 Å². The van der Waals surface area contributed by atoms with Crippen LogP contribution in [0.25, 0.3) is 0 Å². The second kappa shape index (κ2) is 5.34. The molecular formula is C13H11FN2O3. The Morgan fingerprint density at radius 2 is 1.89 bits per heavy atom. The number of hydrazine groups is 1. The molecule has 1 aromatic carbocycles. The molecule has 1 aromatic heterocycles. The fourth-order valence-corrected chi connectivity index (χ4v) is 1.39. The summed E-state index contributed by atoms with van der Waals surface area (Å²) in [4.78, 5) is 23.1. The minimum absolute atomic E-state index is 0.0652.